The minimum Gasteiger partial charge on any atom is -0.369 e. The molecule has 2 aromatic heterocycles. The fraction of sp³-hybridized carbons (Fsp3) is 0.400. The zero-order valence-electron chi connectivity index (χ0n) is 16.3. The van der Waals surface area contributed by atoms with Crippen LogP contribution in [0.2, 0.25) is 0 Å². The van der Waals surface area contributed by atoms with Crippen LogP contribution in [0.3, 0.4) is 0 Å². The Hall–Kier alpha value is -2.82. The quantitative estimate of drug-likeness (QED) is 0.576. The Morgan fingerprint density at radius 2 is 1.65 bits per heavy atom. The number of anilines is 1. The average molecular weight is 443 g/mol. The van der Waals surface area contributed by atoms with Crippen LogP contribution >= 0.6 is 0 Å². The third-order valence-electron chi connectivity index (χ3n) is 5.76. The smallest absolute Gasteiger partial charge is 0.369 e. The van der Waals surface area contributed by atoms with E-state index in [9.17, 15) is 26.3 Å². The van der Waals surface area contributed by atoms with E-state index in [4.69, 9.17) is 0 Å². The Labute approximate surface area is 173 Å². The monoisotopic (exact) mass is 443 g/mol. The van der Waals surface area contributed by atoms with Gasteiger partial charge in [0.1, 0.15) is 5.82 Å². The third-order valence-corrected chi connectivity index (χ3v) is 5.76. The fourth-order valence-corrected chi connectivity index (χ4v) is 3.70. The normalized spacial score (nSPS) is 17.4. The molecule has 5 nitrogen and oxygen atoms in total. The number of hydrogen-bond acceptors (Lipinski definition) is 4. The first kappa shape index (κ1) is 21.4. The molecule has 0 spiro atoms. The van der Waals surface area contributed by atoms with Crippen LogP contribution in [0.4, 0.5) is 32.2 Å². The van der Waals surface area contributed by atoms with E-state index >= 15 is 0 Å². The molecular formula is C20H19F6N5. The summed E-state index contributed by atoms with van der Waals surface area (Å²) in [6, 6.07) is 10.7. The summed E-state index contributed by atoms with van der Waals surface area (Å²) in [5.41, 5.74) is -2.62. The number of nitrogens with zero attached hydrogens (tertiary/aromatic N) is 3. The molecule has 0 radical (unpaired) electrons. The molecule has 2 N–H and O–H groups in total. The molecule has 0 aliphatic carbocycles. The highest BCUT2D eigenvalue weighted by Crippen LogP contribution is 2.36. The van der Waals surface area contributed by atoms with Crippen molar-refractivity contribution in [3.05, 3.63) is 59.4 Å². The molecule has 166 valence electrons. The Morgan fingerprint density at radius 3 is 2.19 bits per heavy atom. The van der Waals surface area contributed by atoms with E-state index in [-0.39, 0.29) is 18.3 Å². The molecule has 1 aliphatic rings. The van der Waals surface area contributed by atoms with E-state index in [1.54, 1.807) is 0 Å². The molecule has 1 unspecified atom stereocenters. The molecule has 11 heteroatoms. The first-order chi connectivity index (χ1) is 14.5. The van der Waals surface area contributed by atoms with E-state index in [0.717, 1.165) is 23.2 Å². The SMILES string of the molecule is CC(CNc1cc(C(F)(F)F)nc2cc(C(F)(F)F)nn12)(c1ccccc1)C1CNC1. The summed E-state index contributed by atoms with van der Waals surface area (Å²) in [5, 5.41) is 9.55. The van der Waals surface area contributed by atoms with E-state index < -0.39 is 34.8 Å². The van der Waals surface area contributed by atoms with Crippen molar-refractivity contribution in [1.29, 1.82) is 0 Å². The molecule has 1 aromatic carbocycles. The van der Waals surface area contributed by atoms with Crippen molar-refractivity contribution >= 4 is 11.5 Å². The maximum absolute atomic E-state index is 13.3. The van der Waals surface area contributed by atoms with Gasteiger partial charge in [0.15, 0.2) is 17.0 Å². The van der Waals surface area contributed by atoms with Gasteiger partial charge in [-0.3, -0.25) is 0 Å². The van der Waals surface area contributed by atoms with Crippen molar-refractivity contribution in [3.63, 3.8) is 0 Å². The molecule has 0 saturated carbocycles. The zero-order chi connectivity index (χ0) is 22.4. The number of rotatable bonds is 5. The van der Waals surface area contributed by atoms with Gasteiger partial charge < -0.3 is 10.6 Å². The van der Waals surface area contributed by atoms with Gasteiger partial charge in [-0.05, 0) is 11.5 Å². The van der Waals surface area contributed by atoms with E-state index in [1.807, 2.05) is 37.3 Å². The van der Waals surface area contributed by atoms with E-state index in [2.05, 4.69) is 20.7 Å². The highest BCUT2D eigenvalue weighted by atomic mass is 19.4. The molecule has 3 heterocycles. The summed E-state index contributed by atoms with van der Waals surface area (Å²) in [7, 11) is 0. The summed E-state index contributed by atoms with van der Waals surface area (Å²) in [6.07, 6.45) is -9.62. The van der Waals surface area contributed by atoms with Crippen LogP contribution in [-0.4, -0.2) is 34.2 Å². The van der Waals surface area contributed by atoms with Gasteiger partial charge in [-0.2, -0.15) is 36.0 Å². The van der Waals surface area contributed by atoms with Gasteiger partial charge >= 0.3 is 12.4 Å². The maximum Gasteiger partial charge on any atom is 0.435 e. The predicted molar refractivity (Wildman–Crippen MR) is 102 cm³/mol. The van der Waals surface area contributed by atoms with Gasteiger partial charge in [0, 0.05) is 37.2 Å². The van der Waals surface area contributed by atoms with Gasteiger partial charge in [-0.1, -0.05) is 37.3 Å². The lowest BCUT2D eigenvalue weighted by atomic mass is 9.69. The molecule has 1 atom stereocenters. The van der Waals surface area contributed by atoms with Crippen LogP contribution in [0.25, 0.3) is 5.65 Å². The Morgan fingerprint density at radius 1 is 1.00 bits per heavy atom. The average Bonchev–Trinajstić information content (AvgIpc) is 3.09. The summed E-state index contributed by atoms with van der Waals surface area (Å²) in [6.45, 7) is 3.63. The number of nitrogens with one attached hydrogen (secondary N) is 2. The summed E-state index contributed by atoms with van der Waals surface area (Å²) in [5.74, 6) is -0.00700. The van der Waals surface area contributed by atoms with Crippen LogP contribution in [0.1, 0.15) is 23.9 Å². The van der Waals surface area contributed by atoms with Crippen molar-refractivity contribution in [2.75, 3.05) is 25.0 Å². The number of benzene rings is 1. The molecular weight excluding hydrogens is 424 g/mol. The largest absolute Gasteiger partial charge is 0.435 e. The lowest BCUT2D eigenvalue weighted by molar-refractivity contribution is -0.142. The summed E-state index contributed by atoms with van der Waals surface area (Å²) >= 11 is 0. The second-order valence-corrected chi connectivity index (χ2v) is 7.81. The molecule has 1 aliphatic heterocycles. The van der Waals surface area contributed by atoms with E-state index in [1.165, 1.54) is 0 Å². The molecule has 1 saturated heterocycles. The lowest BCUT2D eigenvalue weighted by Crippen LogP contribution is -2.55. The highest BCUT2D eigenvalue weighted by Gasteiger charge is 2.40. The van der Waals surface area contributed by atoms with Gasteiger partial charge in [0.25, 0.3) is 0 Å². The Kier molecular flexibility index (Phi) is 5.11. The van der Waals surface area contributed by atoms with Crippen LogP contribution in [0.5, 0.6) is 0 Å². The minimum atomic E-state index is -4.82. The Bertz CT molecular complexity index is 1070. The number of halogens is 6. The molecule has 31 heavy (non-hydrogen) atoms. The second-order valence-electron chi connectivity index (χ2n) is 7.81. The van der Waals surface area contributed by atoms with Crippen molar-refractivity contribution in [2.24, 2.45) is 5.92 Å². The zero-order valence-corrected chi connectivity index (χ0v) is 16.3. The first-order valence-corrected chi connectivity index (χ1v) is 9.54. The molecule has 1 fully saturated rings. The van der Waals surface area contributed by atoms with Crippen LogP contribution < -0.4 is 10.6 Å². The topological polar surface area (TPSA) is 54.2 Å². The predicted octanol–water partition coefficient (Wildman–Crippen LogP) is 4.36. The molecule has 0 amide bonds. The van der Waals surface area contributed by atoms with Gasteiger partial charge in [-0.15, -0.1) is 0 Å². The number of aromatic nitrogens is 3. The van der Waals surface area contributed by atoms with Crippen LogP contribution in [0, 0.1) is 5.92 Å². The maximum atomic E-state index is 13.3. The fourth-order valence-electron chi connectivity index (χ4n) is 3.70. The number of alkyl halides is 6. The van der Waals surface area contributed by atoms with Gasteiger partial charge in [-0.25, -0.2) is 4.98 Å². The minimum absolute atomic E-state index is 0.195. The Balaban J connectivity index is 1.74. The van der Waals surface area contributed by atoms with Gasteiger partial charge in [0.05, 0.1) is 0 Å². The second kappa shape index (κ2) is 7.40. The molecule has 3 aromatic rings. The van der Waals surface area contributed by atoms with Crippen LogP contribution in [0.15, 0.2) is 42.5 Å². The molecule has 0 bridgehead atoms. The van der Waals surface area contributed by atoms with Crippen molar-refractivity contribution < 1.29 is 26.3 Å². The van der Waals surface area contributed by atoms with E-state index in [0.29, 0.717) is 12.1 Å². The van der Waals surface area contributed by atoms with Crippen LogP contribution in [-0.2, 0) is 17.8 Å². The lowest BCUT2D eigenvalue weighted by Gasteiger charge is -2.44. The number of fused-ring (bicyclic) bond motifs is 1. The summed E-state index contributed by atoms with van der Waals surface area (Å²) in [4.78, 5) is 3.33. The standard InChI is InChI=1S/C20H19F6N5/c1-18(13-9-27-10-13,12-5-3-2-4-6-12)11-28-16-7-14(19(21,22)23)29-17-8-15(20(24,25)26)30-31(16)17/h2-8,13,27-28H,9-11H2,1H3. The van der Waals surface area contributed by atoms with Crippen molar-refractivity contribution in [1.82, 2.24) is 19.9 Å². The number of hydrogen-bond donors (Lipinski definition) is 2. The van der Waals surface area contributed by atoms with Crippen molar-refractivity contribution in [2.45, 2.75) is 24.7 Å². The van der Waals surface area contributed by atoms with Crippen molar-refractivity contribution in [3.8, 4) is 0 Å². The van der Waals surface area contributed by atoms with Gasteiger partial charge in [0.2, 0.25) is 0 Å². The highest BCUT2D eigenvalue weighted by molar-refractivity contribution is 5.52. The molecule has 4 rings (SSSR count). The summed E-state index contributed by atoms with van der Waals surface area (Å²) < 4.78 is 80.0. The first-order valence-electron chi connectivity index (χ1n) is 9.54. The third kappa shape index (κ3) is 4.06.